The van der Waals surface area contributed by atoms with Gasteiger partial charge in [-0.1, -0.05) is 23.7 Å². The topological polar surface area (TPSA) is 35.5 Å². The monoisotopic (exact) mass is 268 g/mol. The molecule has 2 atom stereocenters. The molecule has 3 nitrogen and oxygen atoms in total. The first-order chi connectivity index (χ1) is 8.43. The Morgan fingerprint density at radius 2 is 2.11 bits per heavy atom. The second kappa shape index (κ2) is 5.17. The summed E-state index contributed by atoms with van der Waals surface area (Å²) >= 11 is 6.05. The lowest BCUT2D eigenvalue weighted by molar-refractivity contribution is -0.0305. The third kappa shape index (κ3) is 2.69. The van der Waals surface area contributed by atoms with Gasteiger partial charge in [0.1, 0.15) is 0 Å². The van der Waals surface area contributed by atoms with Crippen molar-refractivity contribution in [2.24, 2.45) is 0 Å². The van der Waals surface area contributed by atoms with Crippen LogP contribution in [0.25, 0.3) is 0 Å². The molecule has 0 saturated carbocycles. The van der Waals surface area contributed by atoms with E-state index in [0.717, 1.165) is 17.9 Å². The fraction of sp³-hybridized carbons (Fsp3) is 0.571. The Morgan fingerprint density at radius 3 is 2.67 bits per heavy atom. The van der Waals surface area contributed by atoms with Crippen LogP contribution >= 0.6 is 11.6 Å². The van der Waals surface area contributed by atoms with Gasteiger partial charge in [-0.15, -0.1) is 0 Å². The molecule has 0 spiro atoms. The smallest absolute Gasteiger partial charge is 0.0760 e. The van der Waals surface area contributed by atoms with Gasteiger partial charge in [0.25, 0.3) is 0 Å². The molecule has 0 radical (unpaired) electrons. The Hall–Kier alpha value is -0.610. The third-order valence-corrected chi connectivity index (χ3v) is 3.93. The summed E-state index contributed by atoms with van der Waals surface area (Å²) in [4.78, 5) is 0. The van der Waals surface area contributed by atoms with Crippen LogP contribution in [0.3, 0.4) is 0 Å². The number of hydrogen-bond acceptors (Lipinski definition) is 3. The molecule has 100 valence electrons. The van der Waals surface area contributed by atoms with Crippen molar-refractivity contribution >= 4 is 11.6 Å². The highest BCUT2D eigenvalue weighted by Gasteiger charge is 2.41. The second-order valence-corrected chi connectivity index (χ2v) is 5.88. The molecule has 2 N–H and O–H groups in total. The van der Waals surface area contributed by atoms with Crippen LogP contribution < -0.4 is 5.43 Å². The van der Waals surface area contributed by atoms with E-state index in [1.165, 1.54) is 5.56 Å². The molecule has 0 aliphatic carbocycles. The van der Waals surface area contributed by atoms with E-state index >= 15 is 0 Å². The van der Waals surface area contributed by atoms with Crippen molar-refractivity contribution < 1.29 is 5.11 Å². The molecule has 18 heavy (non-hydrogen) atoms. The molecule has 1 aliphatic rings. The molecule has 2 rings (SSSR count). The summed E-state index contributed by atoms with van der Waals surface area (Å²) in [6, 6.07) is 8.34. The van der Waals surface area contributed by atoms with Gasteiger partial charge in [0, 0.05) is 11.1 Å². The minimum Gasteiger partial charge on any atom is -0.389 e. The molecule has 1 aromatic rings. The zero-order valence-electron chi connectivity index (χ0n) is 11.2. The average Bonchev–Trinajstić information content (AvgIpc) is 2.72. The van der Waals surface area contributed by atoms with Crippen molar-refractivity contribution in [3.8, 4) is 0 Å². The van der Waals surface area contributed by atoms with Crippen LogP contribution in [0.2, 0.25) is 5.02 Å². The lowest BCUT2D eigenvalue weighted by Crippen LogP contribution is -2.51. The van der Waals surface area contributed by atoms with E-state index in [1.807, 2.05) is 39.1 Å². The molecule has 0 amide bonds. The van der Waals surface area contributed by atoms with Crippen LogP contribution in [0, 0.1) is 0 Å². The van der Waals surface area contributed by atoms with E-state index in [2.05, 4.69) is 16.5 Å². The summed E-state index contributed by atoms with van der Waals surface area (Å²) in [5, 5.41) is 13.1. The minimum atomic E-state index is -0.712. The fourth-order valence-electron chi connectivity index (χ4n) is 2.86. The van der Waals surface area contributed by atoms with Gasteiger partial charge in [-0.05, 0) is 51.4 Å². The molecule has 4 heteroatoms. The zero-order valence-corrected chi connectivity index (χ0v) is 11.9. The average molecular weight is 269 g/mol. The number of aliphatic hydroxyl groups is 1. The molecular weight excluding hydrogens is 248 g/mol. The molecular formula is C14H21ClN2O. The third-order valence-electron chi connectivity index (χ3n) is 3.69. The first-order valence-electron chi connectivity index (χ1n) is 6.37. The van der Waals surface area contributed by atoms with Crippen molar-refractivity contribution in [3.63, 3.8) is 0 Å². The largest absolute Gasteiger partial charge is 0.389 e. The van der Waals surface area contributed by atoms with Gasteiger partial charge in [0.05, 0.1) is 11.6 Å². The van der Waals surface area contributed by atoms with E-state index in [0.29, 0.717) is 0 Å². The molecule has 1 saturated heterocycles. The van der Waals surface area contributed by atoms with E-state index < -0.39 is 5.60 Å². The summed E-state index contributed by atoms with van der Waals surface area (Å²) in [6.45, 7) is 3.73. The van der Waals surface area contributed by atoms with Crippen molar-refractivity contribution in [2.75, 3.05) is 7.05 Å². The van der Waals surface area contributed by atoms with Gasteiger partial charge in [-0.25, -0.2) is 5.01 Å². The maximum absolute atomic E-state index is 10.2. The standard InChI is InChI=1S/C14H21ClN2O/c1-14(2,18)13-8-7-12(17(13)16-3)10-5-4-6-11(15)9-10/h4-6,9,12-13,16,18H,7-8H2,1-3H3. The van der Waals surface area contributed by atoms with Gasteiger partial charge in [-0.2, -0.15) is 0 Å². The first kappa shape index (κ1) is 13.8. The quantitative estimate of drug-likeness (QED) is 0.885. The molecule has 2 unspecified atom stereocenters. The van der Waals surface area contributed by atoms with Crippen molar-refractivity contribution in [1.82, 2.24) is 10.4 Å². The number of nitrogens with one attached hydrogen (secondary N) is 1. The van der Waals surface area contributed by atoms with Gasteiger partial charge >= 0.3 is 0 Å². The Bertz CT molecular complexity index is 417. The molecule has 0 bridgehead atoms. The van der Waals surface area contributed by atoms with Crippen molar-refractivity contribution in [3.05, 3.63) is 34.9 Å². The van der Waals surface area contributed by atoms with Crippen LogP contribution in [0.5, 0.6) is 0 Å². The molecule has 1 aliphatic heterocycles. The predicted molar refractivity (Wildman–Crippen MR) is 74.4 cm³/mol. The van der Waals surface area contributed by atoms with Gasteiger partial charge < -0.3 is 5.11 Å². The number of rotatable bonds is 3. The Morgan fingerprint density at radius 1 is 1.39 bits per heavy atom. The van der Waals surface area contributed by atoms with E-state index in [9.17, 15) is 5.11 Å². The van der Waals surface area contributed by atoms with Crippen LogP contribution in [-0.2, 0) is 0 Å². The van der Waals surface area contributed by atoms with Crippen molar-refractivity contribution in [2.45, 2.75) is 44.4 Å². The lowest BCUT2D eigenvalue weighted by Gasteiger charge is -2.36. The van der Waals surface area contributed by atoms with Crippen LogP contribution in [-0.4, -0.2) is 28.8 Å². The van der Waals surface area contributed by atoms with Gasteiger partial charge in [-0.3, -0.25) is 5.43 Å². The SMILES string of the molecule is CNN1C(c2cccc(Cl)c2)CCC1C(C)(C)O. The van der Waals surface area contributed by atoms with Crippen LogP contribution in [0.4, 0.5) is 0 Å². The van der Waals surface area contributed by atoms with Gasteiger partial charge in [0.2, 0.25) is 0 Å². The highest BCUT2D eigenvalue weighted by atomic mass is 35.5. The summed E-state index contributed by atoms with van der Waals surface area (Å²) in [6.07, 6.45) is 2.00. The highest BCUT2D eigenvalue weighted by molar-refractivity contribution is 6.30. The first-order valence-corrected chi connectivity index (χ1v) is 6.75. The summed E-state index contributed by atoms with van der Waals surface area (Å²) < 4.78 is 0. The molecule has 1 aromatic carbocycles. The zero-order chi connectivity index (χ0) is 13.3. The summed E-state index contributed by atoms with van der Waals surface area (Å²) in [7, 11) is 1.90. The van der Waals surface area contributed by atoms with Crippen LogP contribution in [0.15, 0.2) is 24.3 Å². The van der Waals surface area contributed by atoms with Gasteiger partial charge in [0.15, 0.2) is 0 Å². The summed E-state index contributed by atoms with van der Waals surface area (Å²) in [5.74, 6) is 0. The Kier molecular flexibility index (Phi) is 3.97. The number of hydrogen-bond donors (Lipinski definition) is 2. The van der Waals surface area contributed by atoms with E-state index in [1.54, 1.807) is 0 Å². The Labute approximate surface area is 114 Å². The predicted octanol–water partition coefficient (Wildman–Crippen LogP) is 2.75. The number of hydrazine groups is 1. The van der Waals surface area contributed by atoms with E-state index in [4.69, 9.17) is 11.6 Å². The maximum atomic E-state index is 10.2. The fourth-order valence-corrected chi connectivity index (χ4v) is 3.06. The van der Waals surface area contributed by atoms with Crippen molar-refractivity contribution in [1.29, 1.82) is 0 Å². The van der Waals surface area contributed by atoms with E-state index in [-0.39, 0.29) is 12.1 Å². The minimum absolute atomic E-state index is 0.117. The Balaban J connectivity index is 2.25. The van der Waals surface area contributed by atoms with Crippen LogP contribution in [0.1, 0.15) is 38.3 Å². The highest BCUT2D eigenvalue weighted by Crippen LogP contribution is 2.38. The number of nitrogens with zero attached hydrogens (tertiary/aromatic N) is 1. The maximum Gasteiger partial charge on any atom is 0.0760 e. The second-order valence-electron chi connectivity index (χ2n) is 5.45. The molecule has 1 heterocycles. The molecule has 0 aromatic heterocycles. The normalized spacial score (nSPS) is 25.6. The number of halogens is 1. The lowest BCUT2D eigenvalue weighted by atomic mass is 9.97. The molecule has 1 fully saturated rings. The summed E-state index contributed by atoms with van der Waals surface area (Å²) in [5.41, 5.74) is 3.70. The number of benzene rings is 1.